The van der Waals surface area contributed by atoms with Gasteiger partial charge in [0.25, 0.3) is 5.91 Å². The fourth-order valence-electron chi connectivity index (χ4n) is 9.23. The van der Waals surface area contributed by atoms with Gasteiger partial charge in [0.15, 0.2) is 5.78 Å². The van der Waals surface area contributed by atoms with E-state index in [1.165, 1.54) is 25.5 Å². The molecule has 0 bridgehead atoms. The Morgan fingerprint density at radius 2 is 1.89 bits per heavy atom. The summed E-state index contributed by atoms with van der Waals surface area (Å²) in [6.07, 6.45) is 12.8. The first kappa shape index (κ1) is 24.9. The van der Waals surface area contributed by atoms with Crippen molar-refractivity contribution in [2.75, 3.05) is 20.8 Å². The smallest absolute Gasteiger partial charge is 0.254 e. The van der Waals surface area contributed by atoms with Crippen molar-refractivity contribution >= 4 is 11.7 Å². The molecule has 5 rings (SSSR count). The van der Waals surface area contributed by atoms with Crippen LogP contribution in [-0.2, 0) is 16.1 Å². The minimum Gasteiger partial charge on any atom is -0.387 e. The molecule has 0 radical (unpaired) electrons. The zero-order valence-electron chi connectivity index (χ0n) is 21.9. The van der Waals surface area contributed by atoms with E-state index in [1.54, 1.807) is 25.0 Å². The number of nitrogens with one attached hydrogen (secondary N) is 1. The second-order valence-corrected chi connectivity index (χ2v) is 12.7. The Labute approximate surface area is 209 Å². The van der Waals surface area contributed by atoms with Crippen LogP contribution in [0.4, 0.5) is 0 Å². The SMILES string of the molecule is CNC(=O)c1cnn(CC(=O)[C@H]2CC[C@H]3[C@@H]4CC[C@H]5C[C@@](O)(COC)CC[C@]5(C)[C@H]4CC[C@]23C)c1. The van der Waals surface area contributed by atoms with Crippen LogP contribution >= 0.6 is 0 Å². The van der Waals surface area contributed by atoms with Crippen LogP contribution in [0.15, 0.2) is 12.4 Å². The number of Topliss-reactive ketones (excluding diaryl/α,β-unsaturated/α-hetero) is 1. The van der Waals surface area contributed by atoms with Crippen molar-refractivity contribution in [3.63, 3.8) is 0 Å². The average Bonchev–Trinajstić information content (AvgIpc) is 3.43. The number of hydrogen-bond acceptors (Lipinski definition) is 5. The maximum atomic E-state index is 13.5. The molecular formula is C28H43N3O4. The molecule has 4 aliphatic rings. The monoisotopic (exact) mass is 485 g/mol. The zero-order chi connectivity index (χ0) is 25.0. The van der Waals surface area contributed by atoms with Crippen LogP contribution in [0.3, 0.4) is 0 Å². The maximum absolute atomic E-state index is 13.5. The van der Waals surface area contributed by atoms with Gasteiger partial charge in [-0.2, -0.15) is 5.10 Å². The van der Waals surface area contributed by atoms with E-state index in [0.717, 1.165) is 38.5 Å². The Balaban J connectivity index is 1.29. The number of amides is 1. The molecule has 2 N–H and O–H groups in total. The second kappa shape index (κ2) is 8.98. The predicted molar refractivity (Wildman–Crippen MR) is 133 cm³/mol. The lowest BCUT2D eigenvalue weighted by Gasteiger charge is -2.62. The van der Waals surface area contributed by atoms with Gasteiger partial charge in [-0.1, -0.05) is 13.8 Å². The highest BCUT2D eigenvalue weighted by Gasteiger charge is 2.62. The zero-order valence-corrected chi connectivity index (χ0v) is 21.9. The minimum absolute atomic E-state index is 0.0592. The van der Waals surface area contributed by atoms with Gasteiger partial charge in [0.2, 0.25) is 0 Å². The summed E-state index contributed by atoms with van der Waals surface area (Å²) in [6.45, 7) is 5.58. The number of nitrogens with zero attached hydrogens (tertiary/aromatic N) is 2. The molecule has 0 unspecified atom stereocenters. The van der Waals surface area contributed by atoms with Gasteiger partial charge in [-0.25, -0.2) is 0 Å². The van der Waals surface area contributed by atoms with Crippen molar-refractivity contribution in [1.82, 2.24) is 15.1 Å². The van der Waals surface area contributed by atoms with Crippen molar-refractivity contribution in [3.8, 4) is 0 Å². The molecule has 194 valence electrons. The fourth-order valence-corrected chi connectivity index (χ4v) is 9.23. The summed E-state index contributed by atoms with van der Waals surface area (Å²) in [6, 6.07) is 0. The van der Waals surface area contributed by atoms with Crippen molar-refractivity contribution in [2.45, 2.75) is 83.8 Å². The van der Waals surface area contributed by atoms with Crippen LogP contribution in [0.25, 0.3) is 0 Å². The molecule has 4 saturated carbocycles. The van der Waals surface area contributed by atoms with E-state index in [1.807, 2.05) is 0 Å². The van der Waals surface area contributed by atoms with Gasteiger partial charge in [-0.3, -0.25) is 14.3 Å². The molecular weight excluding hydrogens is 442 g/mol. The molecule has 35 heavy (non-hydrogen) atoms. The summed E-state index contributed by atoms with van der Waals surface area (Å²) in [7, 11) is 3.29. The summed E-state index contributed by atoms with van der Waals surface area (Å²) >= 11 is 0. The Bertz CT molecular complexity index is 977. The van der Waals surface area contributed by atoms with E-state index in [4.69, 9.17) is 4.74 Å². The van der Waals surface area contributed by atoms with Gasteiger partial charge in [0.05, 0.1) is 30.5 Å². The van der Waals surface area contributed by atoms with Crippen molar-refractivity contribution in [3.05, 3.63) is 18.0 Å². The maximum Gasteiger partial charge on any atom is 0.254 e. The van der Waals surface area contributed by atoms with Gasteiger partial charge in [0.1, 0.15) is 0 Å². The molecule has 8 atom stereocenters. The van der Waals surface area contributed by atoms with Crippen LogP contribution in [0.2, 0.25) is 0 Å². The van der Waals surface area contributed by atoms with Crippen LogP contribution in [0.1, 0.15) is 82.0 Å². The third-order valence-corrected chi connectivity index (χ3v) is 11.1. The summed E-state index contributed by atoms with van der Waals surface area (Å²) in [5.41, 5.74) is 0.178. The Hall–Kier alpha value is -1.73. The predicted octanol–water partition coefficient (Wildman–Crippen LogP) is 3.85. The number of hydrogen-bond donors (Lipinski definition) is 2. The number of aromatic nitrogens is 2. The van der Waals surface area contributed by atoms with E-state index in [-0.39, 0.29) is 35.0 Å². The first-order valence-corrected chi connectivity index (χ1v) is 13.6. The number of ketones is 1. The second-order valence-electron chi connectivity index (χ2n) is 12.7. The first-order valence-electron chi connectivity index (χ1n) is 13.6. The lowest BCUT2D eigenvalue weighted by Crippen LogP contribution is -2.56. The first-order chi connectivity index (χ1) is 16.6. The van der Waals surface area contributed by atoms with Gasteiger partial charge in [-0.05, 0) is 92.3 Å². The Kier molecular flexibility index (Phi) is 6.40. The van der Waals surface area contributed by atoms with Crippen LogP contribution < -0.4 is 5.32 Å². The third-order valence-electron chi connectivity index (χ3n) is 11.1. The van der Waals surface area contributed by atoms with E-state index >= 15 is 0 Å². The number of aliphatic hydroxyl groups is 1. The number of methoxy groups -OCH3 is 1. The van der Waals surface area contributed by atoms with Crippen LogP contribution in [0, 0.1) is 40.4 Å². The molecule has 7 nitrogen and oxygen atoms in total. The summed E-state index contributed by atoms with van der Waals surface area (Å²) in [5.74, 6) is 2.71. The molecule has 1 amide bonds. The minimum atomic E-state index is -0.663. The number of carbonyl (C=O) groups is 2. The molecule has 0 aliphatic heterocycles. The number of fused-ring (bicyclic) bond motifs is 5. The van der Waals surface area contributed by atoms with E-state index in [9.17, 15) is 14.7 Å². The summed E-state index contributed by atoms with van der Waals surface area (Å²) in [4.78, 5) is 25.4. The molecule has 7 heteroatoms. The normalized spacial score (nSPS) is 42.6. The van der Waals surface area contributed by atoms with Crippen LogP contribution in [-0.4, -0.2) is 52.9 Å². The summed E-state index contributed by atoms with van der Waals surface area (Å²) in [5, 5.41) is 18.0. The third kappa shape index (κ3) is 4.07. The molecule has 0 aromatic carbocycles. The Morgan fingerprint density at radius 3 is 2.63 bits per heavy atom. The van der Waals surface area contributed by atoms with Crippen molar-refractivity contribution in [1.29, 1.82) is 0 Å². The topological polar surface area (TPSA) is 93.5 Å². The van der Waals surface area contributed by atoms with E-state index < -0.39 is 5.60 Å². The average molecular weight is 486 g/mol. The number of rotatable bonds is 6. The highest BCUT2D eigenvalue weighted by atomic mass is 16.5. The van der Waals surface area contributed by atoms with Gasteiger partial charge < -0.3 is 15.2 Å². The lowest BCUT2D eigenvalue weighted by atomic mass is 9.44. The highest BCUT2D eigenvalue weighted by molar-refractivity contribution is 5.93. The van der Waals surface area contributed by atoms with Crippen molar-refractivity contribution in [2.24, 2.45) is 40.4 Å². The standard InChI is InChI=1S/C28H43N3O4/c1-26-11-12-28(34,17-35-4)13-19(26)5-6-20-21-7-8-23(27(21,2)10-9-22(20)26)24(32)16-31-15-18(14-30-31)25(33)29-3/h14-15,19-23,34H,5-13,16-17H2,1-4H3,(H,29,33)/t19-,20-,21-,22-,23+,26-,27-,28+/m0/s1. The summed E-state index contributed by atoms with van der Waals surface area (Å²) < 4.78 is 6.99. The molecule has 4 fully saturated rings. The quantitative estimate of drug-likeness (QED) is 0.638. The van der Waals surface area contributed by atoms with Gasteiger partial charge in [0, 0.05) is 26.3 Å². The van der Waals surface area contributed by atoms with Gasteiger partial charge in [-0.15, -0.1) is 0 Å². The van der Waals surface area contributed by atoms with Crippen LogP contribution in [0.5, 0.6) is 0 Å². The largest absolute Gasteiger partial charge is 0.387 e. The molecule has 1 heterocycles. The highest BCUT2D eigenvalue weighted by Crippen LogP contribution is 2.68. The number of ether oxygens (including phenoxy) is 1. The molecule has 1 aromatic heterocycles. The molecule has 0 saturated heterocycles. The Morgan fingerprint density at radius 1 is 1.11 bits per heavy atom. The lowest BCUT2D eigenvalue weighted by molar-refractivity contribution is -0.164. The molecule has 4 aliphatic carbocycles. The van der Waals surface area contributed by atoms with E-state index in [2.05, 4.69) is 24.3 Å². The molecule has 0 spiro atoms. The van der Waals surface area contributed by atoms with E-state index in [0.29, 0.717) is 35.8 Å². The molecule has 1 aromatic rings. The van der Waals surface area contributed by atoms with Gasteiger partial charge >= 0.3 is 0 Å². The number of carbonyl (C=O) groups excluding carboxylic acids is 2. The van der Waals surface area contributed by atoms with Crippen molar-refractivity contribution < 1.29 is 19.4 Å². The fraction of sp³-hybridized carbons (Fsp3) is 0.821.